The van der Waals surface area contributed by atoms with Crippen LogP contribution in [0.5, 0.6) is 5.75 Å². The van der Waals surface area contributed by atoms with Crippen LogP contribution in [0.25, 0.3) is 10.9 Å². The number of unbranched alkanes of at least 4 members (excludes halogenated alkanes) is 1. The van der Waals surface area contributed by atoms with Crippen LogP contribution >= 0.6 is 0 Å². The second kappa shape index (κ2) is 7.28. The van der Waals surface area contributed by atoms with Crippen LogP contribution in [0.15, 0.2) is 30.3 Å². The highest BCUT2D eigenvalue weighted by Gasteiger charge is 2.07. The third-order valence-electron chi connectivity index (χ3n) is 3.83. The fourth-order valence-corrected chi connectivity index (χ4v) is 2.41. The van der Waals surface area contributed by atoms with E-state index in [4.69, 9.17) is 4.74 Å². The predicted molar refractivity (Wildman–Crippen MR) is 85.3 cm³/mol. The molecular formula is C18H25NO. The number of rotatable bonds is 7. The van der Waals surface area contributed by atoms with E-state index in [2.05, 4.69) is 31.0 Å². The van der Waals surface area contributed by atoms with Gasteiger partial charge in [0.05, 0.1) is 12.1 Å². The summed E-state index contributed by atoms with van der Waals surface area (Å²) in [7, 11) is 0. The van der Waals surface area contributed by atoms with Crippen molar-refractivity contribution in [3.05, 3.63) is 36.0 Å². The Labute approximate surface area is 122 Å². The fraction of sp³-hybridized carbons (Fsp3) is 0.500. The lowest BCUT2D eigenvalue weighted by atomic mass is 10.0. The van der Waals surface area contributed by atoms with Crippen molar-refractivity contribution in [1.82, 2.24) is 4.98 Å². The Bertz CT molecular complexity index is 550. The maximum absolute atomic E-state index is 5.97. The maximum Gasteiger partial charge on any atom is 0.120 e. The number of ether oxygens (including phenoxy) is 1. The zero-order chi connectivity index (χ0) is 14.4. The van der Waals surface area contributed by atoms with Crippen molar-refractivity contribution >= 4 is 10.9 Å². The molecule has 2 nitrogen and oxygen atoms in total. The molecule has 0 aliphatic rings. The molecule has 0 saturated carbocycles. The van der Waals surface area contributed by atoms with Crippen molar-refractivity contribution in [2.24, 2.45) is 5.92 Å². The summed E-state index contributed by atoms with van der Waals surface area (Å²) >= 11 is 0. The third-order valence-corrected chi connectivity index (χ3v) is 3.83. The number of benzene rings is 1. The molecule has 1 unspecified atom stereocenters. The monoisotopic (exact) mass is 271 g/mol. The lowest BCUT2D eigenvalue weighted by Crippen LogP contribution is -2.11. The van der Waals surface area contributed by atoms with E-state index in [1.165, 1.54) is 25.7 Å². The molecule has 0 saturated heterocycles. The van der Waals surface area contributed by atoms with Crippen LogP contribution in [0.2, 0.25) is 0 Å². The molecule has 1 heterocycles. The summed E-state index contributed by atoms with van der Waals surface area (Å²) in [5, 5.41) is 1.15. The van der Waals surface area contributed by atoms with Gasteiger partial charge in [-0.25, -0.2) is 0 Å². The first kappa shape index (κ1) is 14.8. The normalized spacial score (nSPS) is 12.6. The van der Waals surface area contributed by atoms with Crippen LogP contribution in [0, 0.1) is 12.8 Å². The average Bonchev–Trinajstić information content (AvgIpc) is 2.47. The number of aromatic nitrogens is 1. The van der Waals surface area contributed by atoms with Gasteiger partial charge in [0.1, 0.15) is 5.75 Å². The zero-order valence-corrected chi connectivity index (χ0v) is 12.9. The SMILES string of the molecule is CCCCC(CC)COc1ccc2nc(C)ccc2c1. The quantitative estimate of drug-likeness (QED) is 0.695. The molecule has 1 atom stereocenters. The standard InChI is InChI=1S/C18H25NO/c1-4-6-7-15(5-2)13-20-17-10-11-18-16(12-17)9-8-14(3)19-18/h8-12,15H,4-7,13H2,1-3H3. The second-order valence-electron chi connectivity index (χ2n) is 5.53. The lowest BCUT2D eigenvalue weighted by molar-refractivity contribution is 0.233. The minimum atomic E-state index is 0.668. The Morgan fingerprint density at radius 2 is 2.00 bits per heavy atom. The number of pyridine rings is 1. The van der Waals surface area contributed by atoms with Gasteiger partial charge in [-0.15, -0.1) is 0 Å². The molecule has 0 aliphatic carbocycles. The number of aryl methyl sites for hydroxylation is 1. The van der Waals surface area contributed by atoms with Crippen LogP contribution < -0.4 is 4.74 Å². The van der Waals surface area contributed by atoms with Crippen molar-refractivity contribution in [3.8, 4) is 5.75 Å². The number of nitrogens with zero attached hydrogens (tertiary/aromatic N) is 1. The van der Waals surface area contributed by atoms with Crippen molar-refractivity contribution in [3.63, 3.8) is 0 Å². The highest BCUT2D eigenvalue weighted by atomic mass is 16.5. The van der Waals surface area contributed by atoms with Crippen LogP contribution in [0.1, 0.15) is 45.2 Å². The molecular weight excluding hydrogens is 246 g/mol. The van der Waals surface area contributed by atoms with Gasteiger partial charge < -0.3 is 4.74 Å². The van der Waals surface area contributed by atoms with E-state index in [-0.39, 0.29) is 0 Å². The van der Waals surface area contributed by atoms with Crippen molar-refractivity contribution < 1.29 is 4.74 Å². The summed E-state index contributed by atoms with van der Waals surface area (Å²) < 4.78 is 5.97. The van der Waals surface area contributed by atoms with Crippen molar-refractivity contribution in [2.45, 2.75) is 46.5 Å². The van der Waals surface area contributed by atoms with Gasteiger partial charge in [0.15, 0.2) is 0 Å². The molecule has 0 bridgehead atoms. The molecule has 2 heteroatoms. The first-order valence-corrected chi connectivity index (χ1v) is 7.73. The van der Waals surface area contributed by atoms with E-state index in [1.807, 2.05) is 25.1 Å². The summed E-state index contributed by atoms with van der Waals surface area (Å²) in [6.07, 6.45) is 5.01. The molecule has 0 radical (unpaired) electrons. The molecule has 1 aromatic carbocycles. The van der Waals surface area contributed by atoms with Crippen LogP contribution in [0.3, 0.4) is 0 Å². The highest BCUT2D eigenvalue weighted by molar-refractivity contribution is 5.80. The highest BCUT2D eigenvalue weighted by Crippen LogP contribution is 2.21. The predicted octanol–water partition coefficient (Wildman–Crippen LogP) is 5.14. The topological polar surface area (TPSA) is 22.1 Å². The summed E-state index contributed by atoms with van der Waals surface area (Å²) in [6.45, 7) is 7.33. The molecule has 1 aromatic heterocycles. The van der Waals surface area contributed by atoms with E-state index in [9.17, 15) is 0 Å². The van der Waals surface area contributed by atoms with Gasteiger partial charge in [0.25, 0.3) is 0 Å². The Balaban J connectivity index is 2.00. The van der Waals surface area contributed by atoms with E-state index in [1.54, 1.807) is 0 Å². The molecule has 2 rings (SSSR count). The molecule has 0 N–H and O–H groups in total. The molecule has 0 amide bonds. The van der Waals surface area contributed by atoms with Crippen LogP contribution in [0.4, 0.5) is 0 Å². The van der Waals surface area contributed by atoms with Gasteiger partial charge in [-0.1, -0.05) is 39.2 Å². The minimum absolute atomic E-state index is 0.668. The molecule has 108 valence electrons. The number of hydrogen-bond donors (Lipinski definition) is 0. The lowest BCUT2D eigenvalue weighted by Gasteiger charge is -2.15. The van der Waals surface area contributed by atoms with Crippen molar-refractivity contribution in [1.29, 1.82) is 0 Å². The number of hydrogen-bond acceptors (Lipinski definition) is 2. The zero-order valence-electron chi connectivity index (χ0n) is 12.9. The van der Waals surface area contributed by atoms with Gasteiger partial charge in [0.2, 0.25) is 0 Å². The Morgan fingerprint density at radius 1 is 1.15 bits per heavy atom. The Kier molecular flexibility index (Phi) is 5.40. The molecule has 2 aromatic rings. The summed E-state index contributed by atoms with van der Waals surface area (Å²) in [4.78, 5) is 4.51. The number of fused-ring (bicyclic) bond motifs is 1. The average molecular weight is 271 g/mol. The third kappa shape index (κ3) is 3.96. The van der Waals surface area contributed by atoms with Crippen molar-refractivity contribution in [2.75, 3.05) is 6.61 Å². The van der Waals surface area contributed by atoms with Gasteiger partial charge in [-0.3, -0.25) is 4.98 Å². The van der Waals surface area contributed by atoms with E-state index in [0.29, 0.717) is 5.92 Å². The van der Waals surface area contributed by atoms with Gasteiger partial charge >= 0.3 is 0 Å². The van der Waals surface area contributed by atoms with Gasteiger partial charge in [-0.2, -0.15) is 0 Å². The Hall–Kier alpha value is -1.57. The van der Waals surface area contributed by atoms with Crippen LogP contribution in [-0.4, -0.2) is 11.6 Å². The van der Waals surface area contributed by atoms with Gasteiger partial charge in [0, 0.05) is 11.1 Å². The first-order chi connectivity index (χ1) is 9.72. The smallest absolute Gasteiger partial charge is 0.120 e. The molecule has 20 heavy (non-hydrogen) atoms. The van der Waals surface area contributed by atoms with E-state index in [0.717, 1.165) is 29.0 Å². The van der Waals surface area contributed by atoms with Gasteiger partial charge in [-0.05, 0) is 43.5 Å². The van der Waals surface area contributed by atoms with E-state index < -0.39 is 0 Å². The fourth-order valence-electron chi connectivity index (χ4n) is 2.41. The Morgan fingerprint density at radius 3 is 2.75 bits per heavy atom. The van der Waals surface area contributed by atoms with Crippen LogP contribution in [-0.2, 0) is 0 Å². The maximum atomic E-state index is 5.97. The summed E-state index contributed by atoms with van der Waals surface area (Å²) in [5.74, 6) is 1.62. The second-order valence-corrected chi connectivity index (χ2v) is 5.53. The largest absolute Gasteiger partial charge is 0.493 e. The molecule has 0 spiro atoms. The first-order valence-electron chi connectivity index (χ1n) is 7.73. The molecule has 0 fully saturated rings. The molecule has 0 aliphatic heterocycles. The van der Waals surface area contributed by atoms with E-state index >= 15 is 0 Å². The summed E-state index contributed by atoms with van der Waals surface area (Å²) in [5.41, 5.74) is 2.09. The summed E-state index contributed by atoms with van der Waals surface area (Å²) in [6, 6.07) is 10.3. The minimum Gasteiger partial charge on any atom is -0.493 e.